The molecule has 82 valence electrons. The summed E-state index contributed by atoms with van der Waals surface area (Å²) in [7, 11) is 0. The fourth-order valence-electron chi connectivity index (χ4n) is 2.32. The van der Waals surface area contributed by atoms with Gasteiger partial charge in [0.05, 0.1) is 0 Å². The number of likely N-dealkylation sites (tertiary alicyclic amines) is 1. The van der Waals surface area contributed by atoms with Gasteiger partial charge in [0, 0.05) is 19.1 Å². The standard InChI is InChI=1S/C12H17FN2/c13-11-5-3-10(4-6-11)12-2-1-8-15(12)9-7-14/h3-6,12H,1-2,7-9,14H2/t12-/m1/s1. The molecule has 1 aliphatic rings. The van der Waals surface area contributed by atoms with Gasteiger partial charge >= 0.3 is 0 Å². The number of benzene rings is 1. The van der Waals surface area contributed by atoms with Crippen LogP contribution in [-0.2, 0) is 0 Å². The Morgan fingerprint density at radius 2 is 2.07 bits per heavy atom. The Hall–Kier alpha value is -0.930. The van der Waals surface area contributed by atoms with Crippen molar-refractivity contribution in [2.45, 2.75) is 18.9 Å². The van der Waals surface area contributed by atoms with E-state index in [1.807, 2.05) is 12.1 Å². The first-order valence-electron chi connectivity index (χ1n) is 5.51. The second-order valence-electron chi connectivity index (χ2n) is 4.03. The van der Waals surface area contributed by atoms with Crippen molar-refractivity contribution in [3.05, 3.63) is 35.6 Å². The minimum atomic E-state index is -0.165. The molecular weight excluding hydrogens is 191 g/mol. The topological polar surface area (TPSA) is 29.3 Å². The largest absolute Gasteiger partial charge is 0.329 e. The van der Waals surface area contributed by atoms with Crippen LogP contribution in [0, 0.1) is 5.82 Å². The molecule has 2 rings (SSSR count). The molecule has 0 unspecified atom stereocenters. The van der Waals surface area contributed by atoms with E-state index in [4.69, 9.17) is 5.73 Å². The van der Waals surface area contributed by atoms with Gasteiger partial charge < -0.3 is 5.73 Å². The highest BCUT2D eigenvalue weighted by atomic mass is 19.1. The molecule has 1 fully saturated rings. The highest BCUT2D eigenvalue weighted by Gasteiger charge is 2.24. The van der Waals surface area contributed by atoms with Crippen LogP contribution in [0.2, 0.25) is 0 Å². The monoisotopic (exact) mass is 208 g/mol. The van der Waals surface area contributed by atoms with Crippen molar-refractivity contribution in [3.8, 4) is 0 Å². The highest BCUT2D eigenvalue weighted by molar-refractivity contribution is 5.20. The third kappa shape index (κ3) is 2.36. The fraction of sp³-hybridized carbons (Fsp3) is 0.500. The summed E-state index contributed by atoms with van der Waals surface area (Å²) >= 11 is 0. The Labute approximate surface area is 89.9 Å². The van der Waals surface area contributed by atoms with Gasteiger partial charge in [0.15, 0.2) is 0 Å². The van der Waals surface area contributed by atoms with Crippen LogP contribution in [0.5, 0.6) is 0 Å². The molecule has 1 aliphatic heterocycles. The zero-order chi connectivity index (χ0) is 10.7. The van der Waals surface area contributed by atoms with Crippen LogP contribution in [0.15, 0.2) is 24.3 Å². The van der Waals surface area contributed by atoms with Crippen LogP contribution in [0.1, 0.15) is 24.4 Å². The first-order valence-corrected chi connectivity index (χ1v) is 5.51. The van der Waals surface area contributed by atoms with Crippen LogP contribution in [0.3, 0.4) is 0 Å². The predicted octanol–water partition coefficient (Wildman–Crippen LogP) is 1.92. The summed E-state index contributed by atoms with van der Waals surface area (Å²) in [6, 6.07) is 7.28. The zero-order valence-electron chi connectivity index (χ0n) is 8.82. The lowest BCUT2D eigenvalue weighted by Crippen LogP contribution is -2.29. The maximum atomic E-state index is 12.8. The van der Waals surface area contributed by atoms with Gasteiger partial charge in [-0.3, -0.25) is 4.90 Å². The molecule has 15 heavy (non-hydrogen) atoms. The Balaban J connectivity index is 2.11. The summed E-state index contributed by atoms with van der Waals surface area (Å²) in [5.41, 5.74) is 6.78. The molecule has 2 nitrogen and oxygen atoms in total. The maximum absolute atomic E-state index is 12.8. The number of rotatable bonds is 3. The minimum Gasteiger partial charge on any atom is -0.329 e. The van der Waals surface area contributed by atoms with Crippen LogP contribution < -0.4 is 5.73 Å². The Bertz CT molecular complexity index is 310. The minimum absolute atomic E-state index is 0.165. The molecule has 0 amide bonds. The summed E-state index contributed by atoms with van der Waals surface area (Å²) in [4.78, 5) is 2.38. The molecule has 0 spiro atoms. The molecular formula is C12H17FN2. The van der Waals surface area contributed by atoms with E-state index in [1.54, 1.807) is 0 Å². The predicted molar refractivity (Wildman–Crippen MR) is 59.0 cm³/mol. The number of nitrogens with zero attached hydrogens (tertiary/aromatic N) is 1. The SMILES string of the molecule is NCCN1CCC[C@@H]1c1ccc(F)cc1. The van der Waals surface area contributed by atoms with Crippen molar-refractivity contribution in [2.24, 2.45) is 5.73 Å². The summed E-state index contributed by atoms with van der Waals surface area (Å²) in [5, 5.41) is 0. The van der Waals surface area contributed by atoms with Gasteiger partial charge in [-0.25, -0.2) is 4.39 Å². The van der Waals surface area contributed by atoms with Crippen LogP contribution in [0.4, 0.5) is 4.39 Å². The summed E-state index contributed by atoms with van der Waals surface area (Å²) < 4.78 is 12.8. The molecule has 1 heterocycles. The van der Waals surface area contributed by atoms with Crippen molar-refractivity contribution in [1.29, 1.82) is 0 Å². The van der Waals surface area contributed by atoms with Crippen molar-refractivity contribution in [2.75, 3.05) is 19.6 Å². The normalized spacial score (nSPS) is 22.1. The van der Waals surface area contributed by atoms with E-state index in [2.05, 4.69) is 4.90 Å². The van der Waals surface area contributed by atoms with E-state index in [-0.39, 0.29) is 5.82 Å². The maximum Gasteiger partial charge on any atom is 0.123 e. The molecule has 1 aromatic carbocycles. The Kier molecular flexibility index (Phi) is 3.34. The Morgan fingerprint density at radius 3 is 2.73 bits per heavy atom. The molecule has 1 aromatic rings. The zero-order valence-corrected chi connectivity index (χ0v) is 8.82. The second kappa shape index (κ2) is 4.73. The van der Waals surface area contributed by atoms with Crippen molar-refractivity contribution >= 4 is 0 Å². The van der Waals surface area contributed by atoms with E-state index in [1.165, 1.54) is 24.1 Å². The lowest BCUT2D eigenvalue weighted by Gasteiger charge is -2.24. The van der Waals surface area contributed by atoms with Crippen LogP contribution in [0.25, 0.3) is 0 Å². The molecule has 1 saturated heterocycles. The molecule has 3 heteroatoms. The van der Waals surface area contributed by atoms with Gasteiger partial charge in [-0.15, -0.1) is 0 Å². The molecule has 0 aromatic heterocycles. The van der Waals surface area contributed by atoms with E-state index >= 15 is 0 Å². The summed E-state index contributed by atoms with van der Waals surface area (Å²) in [5.74, 6) is -0.165. The first-order chi connectivity index (χ1) is 7.31. The molecule has 2 N–H and O–H groups in total. The smallest absolute Gasteiger partial charge is 0.123 e. The third-order valence-electron chi connectivity index (χ3n) is 3.03. The van der Waals surface area contributed by atoms with Crippen molar-refractivity contribution < 1.29 is 4.39 Å². The van der Waals surface area contributed by atoms with Crippen molar-refractivity contribution in [1.82, 2.24) is 4.90 Å². The molecule has 0 bridgehead atoms. The number of hydrogen-bond acceptors (Lipinski definition) is 2. The van der Waals surface area contributed by atoms with E-state index in [9.17, 15) is 4.39 Å². The van der Waals surface area contributed by atoms with Crippen LogP contribution in [-0.4, -0.2) is 24.5 Å². The lowest BCUT2D eigenvalue weighted by molar-refractivity contribution is 0.264. The van der Waals surface area contributed by atoms with Gasteiger partial charge in [-0.05, 0) is 37.1 Å². The Morgan fingerprint density at radius 1 is 1.33 bits per heavy atom. The highest BCUT2D eigenvalue weighted by Crippen LogP contribution is 2.31. The van der Waals surface area contributed by atoms with E-state index in [0.29, 0.717) is 12.6 Å². The summed E-state index contributed by atoms with van der Waals surface area (Å²) in [6.45, 7) is 2.74. The quantitative estimate of drug-likeness (QED) is 0.822. The third-order valence-corrected chi connectivity index (χ3v) is 3.03. The molecule has 0 aliphatic carbocycles. The number of halogens is 1. The first kappa shape index (κ1) is 10.6. The molecule has 1 atom stereocenters. The van der Waals surface area contributed by atoms with Gasteiger partial charge in [-0.1, -0.05) is 12.1 Å². The van der Waals surface area contributed by atoms with Gasteiger partial charge in [-0.2, -0.15) is 0 Å². The van der Waals surface area contributed by atoms with Gasteiger partial charge in [0.25, 0.3) is 0 Å². The molecule has 0 saturated carbocycles. The number of nitrogens with two attached hydrogens (primary N) is 1. The summed E-state index contributed by atoms with van der Waals surface area (Å²) in [6.07, 6.45) is 2.37. The average molecular weight is 208 g/mol. The van der Waals surface area contributed by atoms with E-state index < -0.39 is 0 Å². The van der Waals surface area contributed by atoms with Gasteiger partial charge in [0.2, 0.25) is 0 Å². The van der Waals surface area contributed by atoms with E-state index in [0.717, 1.165) is 19.5 Å². The average Bonchev–Trinajstić information content (AvgIpc) is 2.68. The number of hydrogen-bond donors (Lipinski definition) is 1. The molecule has 0 radical (unpaired) electrons. The lowest BCUT2D eigenvalue weighted by atomic mass is 10.0. The second-order valence-corrected chi connectivity index (χ2v) is 4.03. The van der Waals surface area contributed by atoms with Crippen LogP contribution >= 0.6 is 0 Å². The van der Waals surface area contributed by atoms with Gasteiger partial charge in [0.1, 0.15) is 5.82 Å². The fourth-order valence-corrected chi connectivity index (χ4v) is 2.32. The van der Waals surface area contributed by atoms with Crippen molar-refractivity contribution in [3.63, 3.8) is 0 Å².